The summed E-state index contributed by atoms with van der Waals surface area (Å²) in [7, 11) is 0. The van der Waals surface area contributed by atoms with Crippen molar-refractivity contribution in [1.82, 2.24) is 29.9 Å². The molecule has 23 heteroatoms. The zero-order valence-electron chi connectivity index (χ0n) is 66.6. The lowest BCUT2D eigenvalue weighted by atomic mass is 9.99. The van der Waals surface area contributed by atoms with Gasteiger partial charge < -0.3 is 55.4 Å². The van der Waals surface area contributed by atoms with Crippen LogP contribution in [0.1, 0.15) is 33.4 Å². The molecule has 18 aromatic rings. The minimum absolute atomic E-state index is 0.0786. The highest BCUT2D eigenvalue weighted by Crippen LogP contribution is 2.34. The van der Waals surface area contributed by atoms with Crippen LogP contribution in [-0.2, 0) is 0 Å². The van der Waals surface area contributed by atoms with Gasteiger partial charge in [-0.3, -0.25) is 28.8 Å². The van der Waals surface area contributed by atoms with E-state index in [1.165, 1.54) is 73.6 Å². The van der Waals surface area contributed by atoms with Gasteiger partial charge in [0.15, 0.2) is 0 Å². The SMILES string of the molecule is C=c1[nH]c(=O)/c(=C/c2cccc(-c3cccc(O)c3)c2)s1.C=c1[nH]c(=O)/c(=C/c2cccc(-c3ccccc3)c2)s1.C=c1[nH]c(=O)/c(=C/c2cccc(-c3ccccc3O)c2)s1.C=c1[nH]c(=O)/c(=C/c2ccccc2-c2ccc(O)cc2)s1.C=c1[nH]c(=O)/c(=C/c2ccccc2-c2cccc(O)c2)s1.C=c1[nH]c(=O)/c(=C/c2ccccc2-c2ccccc2O)s1. The molecular weight excluding hydrogens is 1680 g/mol. The third-order valence-corrected chi connectivity index (χ3v) is 23.8. The van der Waals surface area contributed by atoms with Gasteiger partial charge in [0.05, 0.1) is 55.2 Å². The fourth-order valence-corrected chi connectivity index (χ4v) is 17.4. The summed E-state index contributed by atoms with van der Waals surface area (Å²) in [4.78, 5) is 86.5. The van der Waals surface area contributed by atoms with E-state index >= 15 is 0 Å². The molecule has 0 amide bonds. The second-order valence-corrected chi connectivity index (χ2v) is 34.4. The van der Waals surface area contributed by atoms with Crippen LogP contribution in [0.4, 0.5) is 0 Å². The fourth-order valence-electron chi connectivity index (χ4n) is 12.9. The molecule has 0 saturated heterocycles. The van der Waals surface area contributed by atoms with Crippen LogP contribution in [0.15, 0.2) is 326 Å². The van der Waals surface area contributed by atoms with Crippen LogP contribution in [0.3, 0.4) is 0 Å². The lowest BCUT2D eigenvalue weighted by molar-refractivity contribution is 0.475. The number of para-hydroxylation sites is 2. The van der Waals surface area contributed by atoms with E-state index in [1.54, 1.807) is 72.8 Å². The smallest absolute Gasteiger partial charge is 0.266 e. The van der Waals surface area contributed by atoms with Crippen molar-refractivity contribution in [2.75, 3.05) is 0 Å². The zero-order valence-corrected chi connectivity index (χ0v) is 71.5. The van der Waals surface area contributed by atoms with Crippen LogP contribution >= 0.6 is 68.0 Å². The van der Waals surface area contributed by atoms with Gasteiger partial charge in [0, 0.05) is 11.1 Å². The maximum atomic E-state index is 11.8. The van der Waals surface area contributed by atoms with E-state index in [4.69, 9.17) is 0 Å². The van der Waals surface area contributed by atoms with Crippen LogP contribution in [-0.4, -0.2) is 55.4 Å². The number of hydrogen-bond acceptors (Lipinski definition) is 17. The average molecular weight is 1760 g/mol. The Hall–Kier alpha value is -15.3. The summed E-state index contributed by atoms with van der Waals surface area (Å²) in [5.41, 5.74) is 16.3. The number of aromatic amines is 6. The van der Waals surface area contributed by atoms with Gasteiger partial charge in [0.2, 0.25) is 0 Å². The summed E-state index contributed by atoms with van der Waals surface area (Å²) in [5, 5.41) is 48.5. The lowest BCUT2D eigenvalue weighted by Crippen LogP contribution is -2.19. The molecule has 125 heavy (non-hydrogen) atoms. The molecule has 6 heterocycles. The van der Waals surface area contributed by atoms with Gasteiger partial charge in [-0.2, -0.15) is 0 Å². The third-order valence-electron chi connectivity index (χ3n) is 18.6. The van der Waals surface area contributed by atoms with E-state index in [1.807, 2.05) is 237 Å². The third kappa shape index (κ3) is 23.9. The fraction of sp³-hybridized carbons (Fsp3) is 0. The summed E-state index contributed by atoms with van der Waals surface area (Å²) in [6.45, 7) is 22.5. The number of benzene rings is 12. The van der Waals surface area contributed by atoms with Crippen LogP contribution in [0.25, 0.3) is 143 Å². The van der Waals surface area contributed by atoms with E-state index < -0.39 is 0 Å². The average Bonchev–Trinajstić information content (AvgIpc) is 1.81. The molecule has 6 aromatic heterocycles. The number of H-pyrrole nitrogens is 6. The van der Waals surface area contributed by atoms with Crippen molar-refractivity contribution in [1.29, 1.82) is 0 Å². The van der Waals surface area contributed by atoms with E-state index in [-0.39, 0.29) is 62.1 Å². The molecule has 0 unspecified atom stereocenters. The van der Waals surface area contributed by atoms with Gasteiger partial charge in [-0.1, -0.05) is 270 Å². The number of hydrogen-bond donors (Lipinski definition) is 11. The Labute approximate surface area is 737 Å². The van der Waals surface area contributed by atoms with Crippen molar-refractivity contribution < 1.29 is 25.5 Å². The maximum absolute atomic E-state index is 11.8. The van der Waals surface area contributed by atoms with E-state index in [0.29, 0.717) is 55.2 Å². The number of thiazole rings is 6. The largest absolute Gasteiger partial charge is 0.508 e. The number of rotatable bonds is 12. The molecule has 0 atom stereocenters. The first kappa shape index (κ1) is 87.5. The molecule has 18 rings (SSSR count). The number of aromatic nitrogens is 6. The Balaban J connectivity index is 0.000000129. The van der Waals surface area contributed by atoms with Crippen LogP contribution in [0.5, 0.6) is 28.7 Å². The second kappa shape index (κ2) is 41.3. The van der Waals surface area contributed by atoms with Gasteiger partial charge >= 0.3 is 0 Å². The summed E-state index contributed by atoms with van der Waals surface area (Å²) in [5.74, 6) is 1.14. The van der Waals surface area contributed by atoms with Gasteiger partial charge in [-0.15, -0.1) is 68.0 Å². The zero-order chi connectivity index (χ0) is 88.0. The molecule has 0 aliphatic rings. The standard InChI is InChI=1S/5C17H13NO2S.C17H13NOS/c1-11-18-17(20)16(21-11)9-12-4-2-5-13(8-12)14-6-3-7-15(19)10-14;1-11-18-17(20)16(21-11)10-12-5-4-6-13(9-12)14-7-2-3-8-15(14)19;1-11-18-17(20)16(21-11)10-12-6-2-3-7-13(12)14-8-4-5-9-15(14)19;1-11-18-17(20)16(21-11)10-13-5-2-3-8-15(13)12-6-4-7-14(19)9-12;1-11-18-17(20)16(21-11)10-13-4-2-3-5-15(13)12-6-8-14(19)9-7-12;1-12-18-17(19)16(20-12)11-13-6-5-9-15(10-13)14-7-3-2-4-8-14/h5*2-10,19H,1H2,(H,18,20);2-11H,1H2,(H,18,19)/b16-9-;4*16-10-;16-11-. The highest BCUT2D eigenvalue weighted by molar-refractivity contribution is 7.08. The van der Waals surface area contributed by atoms with Crippen molar-refractivity contribution in [2.45, 2.75) is 0 Å². The highest BCUT2D eigenvalue weighted by Gasteiger charge is 2.12. The van der Waals surface area contributed by atoms with Crippen LogP contribution in [0, 0.1) is 0 Å². The molecule has 0 aliphatic carbocycles. The van der Waals surface area contributed by atoms with Crippen LogP contribution in [0.2, 0.25) is 0 Å². The first-order valence-corrected chi connectivity index (χ1v) is 43.3. The second-order valence-electron chi connectivity index (χ2n) is 27.6. The maximum Gasteiger partial charge on any atom is 0.266 e. The van der Waals surface area contributed by atoms with Crippen LogP contribution < -0.4 is 88.5 Å². The van der Waals surface area contributed by atoms with E-state index in [9.17, 15) is 54.3 Å². The van der Waals surface area contributed by atoms with Gasteiger partial charge in [0.1, 0.15) is 28.7 Å². The van der Waals surface area contributed by atoms with Crippen molar-refractivity contribution in [3.8, 4) is 95.5 Å². The minimum Gasteiger partial charge on any atom is -0.508 e. The predicted octanol–water partition coefficient (Wildman–Crippen LogP) is 12.6. The molecule has 0 fully saturated rings. The number of phenols is 5. The Kier molecular flexibility index (Phi) is 28.9. The van der Waals surface area contributed by atoms with Crippen molar-refractivity contribution in [2.24, 2.45) is 0 Å². The first-order valence-electron chi connectivity index (χ1n) is 38.4. The van der Waals surface area contributed by atoms with E-state index in [2.05, 4.69) is 93.6 Å². The Bertz CT molecular complexity index is 8090. The minimum atomic E-state index is -0.142. The number of nitrogens with one attached hydrogen (secondary N) is 6. The highest BCUT2D eigenvalue weighted by atomic mass is 32.1. The molecule has 0 spiro atoms. The molecule has 0 aliphatic heterocycles. The molecule has 12 aromatic carbocycles. The van der Waals surface area contributed by atoms with Gasteiger partial charge in [0.25, 0.3) is 33.4 Å². The number of phenolic OH excluding ortho intramolecular Hbond substituents is 5. The Morgan fingerprint density at radius 1 is 0.208 bits per heavy atom. The van der Waals surface area contributed by atoms with E-state index in [0.717, 1.165) is 94.6 Å². The van der Waals surface area contributed by atoms with Crippen molar-refractivity contribution in [3.63, 3.8) is 0 Å². The van der Waals surface area contributed by atoms with Gasteiger partial charge in [-0.05, 0) is 192 Å². The molecule has 17 nitrogen and oxygen atoms in total. The van der Waals surface area contributed by atoms with Crippen molar-refractivity contribution >= 4 is 144 Å². The number of aromatic hydroxyl groups is 5. The predicted molar refractivity (Wildman–Crippen MR) is 519 cm³/mol. The molecule has 0 saturated carbocycles. The quantitative estimate of drug-likeness (QED) is 0.0546. The molecule has 0 bridgehead atoms. The monoisotopic (exact) mass is 1750 g/mol. The Morgan fingerprint density at radius 2 is 0.472 bits per heavy atom. The summed E-state index contributed by atoms with van der Waals surface area (Å²) in [6.07, 6.45) is 11.1. The molecular formula is C102H78N6O11S6. The van der Waals surface area contributed by atoms with Crippen molar-refractivity contribution in [3.05, 3.63) is 448 Å². The Morgan fingerprint density at radius 3 is 0.840 bits per heavy atom. The summed E-state index contributed by atoms with van der Waals surface area (Å²) < 4.78 is 7.67. The lowest BCUT2D eigenvalue weighted by Gasteiger charge is -2.07. The molecule has 11 N–H and O–H groups in total. The summed E-state index contributed by atoms with van der Waals surface area (Å²) in [6, 6.07) is 92.6. The molecule has 0 radical (unpaired) electrons. The topological polar surface area (TPSA) is 298 Å². The normalized spacial score (nSPS) is 11.7. The first-order chi connectivity index (χ1) is 60.4. The molecule has 618 valence electrons. The van der Waals surface area contributed by atoms with Gasteiger partial charge in [-0.25, -0.2) is 0 Å². The summed E-state index contributed by atoms with van der Waals surface area (Å²) >= 11 is 8.04.